The van der Waals surface area contributed by atoms with Gasteiger partial charge in [-0.1, -0.05) is 24.3 Å². The van der Waals surface area contributed by atoms with Gasteiger partial charge in [-0.15, -0.1) is 11.8 Å². The molecular weight excluding hydrogens is 398 g/mol. The van der Waals surface area contributed by atoms with Crippen molar-refractivity contribution in [1.29, 1.82) is 0 Å². The van der Waals surface area contributed by atoms with Gasteiger partial charge in [-0.2, -0.15) is 0 Å². The quantitative estimate of drug-likeness (QED) is 0.766. The number of anilines is 2. The number of nitrogens with zero attached hydrogens (tertiary/aromatic N) is 2. The van der Waals surface area contributed by atoms with E-state index in [-0.39, 0.29) is 24.3 Å². The fourth-order valence-corrected chi connectivity index (χ4v) is 5.03. The zero-order valence-electron chi connectivity index (χ0n) is 17.2. The number of likely N-dealkylation sites (tertiary alicyclic amines) is 1. The van der Waals surface area contributed by atoms with Gasteiger partial charge < -0.3 is 15.1 Å². The molecule has 2 heterocycles. The van der Waals surface area contributed by atoms with Gasteiger partial charge in [0.05, 0.1) is 5.69 Å². The minimum Gasteiger partial charge on any atom is -0.341 e. The Morgan fingerprint density at radius 1 is 1.10 bits per heavy atom. The summed E-state index contributed by atoms with van der Waals surface area (Å²) in [6, 6.07) is 13.3. The van der Waals surface area contributed by atoms with Gasteiger partial charge in [0.25, 0.3) is 5.91 Å². The first-order chi connectivity index (χ1) is 14.4. The van der Waals surface area contributed by atoms with Crippen LogP contribution in [0.25, 0.3) is 0 Å². The first-order valence-electron chi connectivity index (χ1n) is 10.2. The smallest absolute Gasteiger partial charge is 0.250 e. The Balaban J connectivity index is 1.57. The van der Waals surface area contributed by atoms with Gasteiger partial charge in [0.2, 0.25) is 11.8 Å². The van der Waals surface area contributed by atoms with Crippen LogP contribution in [0.2, 0.25) is 0 Å². The maximum absolute atomic E-state index is 13.3. The average molecular weight is 424 g/mol. The number of para-hydroxylation sites is 1. The van der Waals surface area contributed by atoms with Crippen molar-refractivity contribution in [2.45, 2.75) is 36.8 Å². The molecule has 0 radical (unpaired) electrons. The number of fused-ring (bicyclic) bond motifs is 1. The van der Waals surface area contributed by atoms with Gasteiger partial charge in [0, 0.05) is 23.7 Å². The van der Waals surface area contributed by atoms with E-state index in [0.29, 0.717) is 18.8 Å². The first-order valence-corrected chi connectivity index (χ1v) is 11.0. The summed E-state index contributed by atoms with van der Waals surface area (Å²) in [4.78, 5) is 43.1. The predicted molar refractivity (Wildman–Crippen MR) is 119 cm³/mol. The van der Waals surface area contributed by atoms with Crippen LogP contribution in [0.3, 0.4) is 0 Å². The van der Waals surface area contributed by atoms with Gasteiger partial charge in [0.1, 0.15) is 6.54 Å². The molecule has 0 aliphatic carbocycles. The number of hydrogen-bond acceptors (Lipinski definition) is 4. The van der Waals surface area contributed by atoms with Crippen LogP contribution >= 0.6 is 11.8 Å². The third-order valence-corrected chi connectivity index (χ3v) is 6.74. The molecule has 0 spiro atoms. The van der Waals surface area contributed by atoms with E-state index in [0.717, 1.165) is 34.6 Å². The Labute approximate surface area is 180 Å². The summed E-state index contributed by atoms with van der Waals surface area (Å²) < 4.78 is 0. The van der Waals surface area contributed by atoms with Gasteiger partial charge in [-0.3, -0.25) is 14.4 Å². The van der Waals surface area contributed by atoms with Crippen LogP contribution < -0.4 is 10.2 Å². The van der Waals surface area contributed by atoms with Gasteiger partial charge >= 0.3 is 0 Å². The second-order valence-electron chi connectivity index (χ2n) is 7.79. The molecule has 1 saturated heterocycles. The largest absolute Gasteiger partial charge is 0.341 e. The van der Waals surface area contributed by atoms with E-state index >= 15 is 0 Å². The molecule has 1 fully saturated rings. The van der Waals surface area contributed by atoms with Crippen LogP contribution in [0, 0.1) is 13.8 Å². The zero-order valence-corrected chi connectivity index (χ0v) is 18.0. The fourth-order valence-electron chi connectivity index (χ4n) is 3.84. The van der Waals surface area contributed by atoms with Gasteiger partial charge in [-0.25, -0.2) is 0 Å². The lowest BCUT2D eigenvalue weighted by Gasteiger charge is -2.34. The lowest BCUT2D eigenvalue weighted by atomic mass is 10.1. The van der Waals surface area contributed by atoms with Crippen LogP contribution in [-0.2, 0) is 14.4 Å². The van der Waals surface area contributed by atoms with Crippen molar-refractivity contribution < 1.29 is 14.4 Å². The number of thioether (sulfide) groups is 1. The average Bonchev–Trinajstić information content (AvgIpc) is 3.27. The van der Waals surface area contributed by atoms with Crippen LogP contribution in [0.5, 0.6) is 0 Å². The number of nitrogens with one attached hydrogen (secondary N) is 1. The Kier molecular flexibility index (Phi) is 5.81. The van der Waals surface area contributed by atoms with Crippen molar-refractivity contribution in [1.82, 2.24) is 4.90 Å². The SMILES string of the molecule is Cc1ccc(C)c(NC(=O)CN2C(=O)C(C(=O)N3CCCC3)Sc3ccccc32)c1. The molecule has 0 saturated carbocycles. The molecule has 7 heteroatoms. The lowest BCUT2D eigenvalue weighted by Crippen LogP contribution is -2.51. The standard InChI is InChI=1S/C23H25N3O3S/c1-15-9-10-16(2)17(13-15)24-20(27)14-26-18-7-3-4-8-19(18)30-21(23(26)29)22(28)25-11-5-6-12-25/h3-4,7-10,13,21H,5-6,11-12,14H2,1-2H3,(H,24,27). The zero-order chi connectivity index (χ0) is 21.3. The Morgan fingerprint density at radius 2 is 1.83 bits per heavy atom. The summed E-state index contributed by atoms with van der Waals surface area (Å²) in [5.74, 6) is -0.769. The minimum atomic E-state index is -0.841. The molecule has 6 nitrogen and oxygen atoms in total. The minimum absolute atomic E-state index is 0.131. The van der Waals surface area contributed by atoms with Crippen molar-refractivity contribution in [3.05, 3.63) is 53.6 Å². The van der Waals surface area contributed by atoms with Gasteiger partial charge in [-0.05, 0) is 56.0 Å². The highest BCUT2D eigenvalue weighted by molar-refractivity contribution is 8.01. The number of rotatable bonds is 4. The maximum atomic E-state index is 13.3. The number of aryl methyl sites for hydroxylation is 2. The Hall–Kier alpha value is -2.80. The Morgan fingerprint density at radius 3 is 2.60 bits per heavy atom. The summed E-state index contributed by atoms with van der Waals surface area (Å²) in [6.45, 7) is 5.15. The fraction of sp³-hybridized carbons (Fsp3) is 0.348. The van der Waals surface area contributed by atoms with Crippen molar-refractivity contribution in [2.75, 3.05) is 29.9 Å². The monoisotopic (exact) mass is 423 g/mol. The summed E-state index contributed by atoms with van der Waals surface area (Å²) >= 11 is 1.29. The van der Waals surface area contributed by atoms with Crippen LogP contribution in [0.4, 0.5) is 11.4 Å². The second-order valence-corrected chi connectivity index (χ2v) is 8.94. The van der Waals surface area contributed by atoms with Crippen molar-refractivity contribution in [3.8, 4) is 0 Å². The molecule has 1 unspecified atom stereocenters. The first kappa shape index (κ1) is 20.5. The molecule has 2 aromatic carbocycles. The molecule has 30 heavy (non-hydrogen) atoms. The van der Waals surface area contributed by atoms with Crippen molar-refractivity contribution in [2.24, 2.45) is 0 Å². The topological polar surface area (TPSA) is 69.7 Å². The highest BCUT2D eigenvalue weighted by atomic mass is 32.2. The molecule has 0 bridgehead atoms. The molecule has 4 rings (SSSR count). The predicted octanol–water partition coefficient (Wildman–Crippen LogP) is 3.37. The number of hydrogen-bond donors (Lipinski definition) is 1. The normalized spacial score (nSPS) is 18.3. The molecule has 156 valence electrons. The van der Waals surface area contributed by atoms with Crippen LogP contribution in [0.15, 0.2) is 47.4 Å². The van der Waals surface area contributed by atoms with Crippen LogP contribution in [0.1, 0.15) is 24.0 Å². The summed E-state index contributed by atoms with van der Waals surface area (Å²) in [5, 5.41) is 2.07. The number of benzene rings is 2. The summed E-state index contributed by atoms with van der Waals surface area (Å²) in [7, 11) is 0. The molecule has 2 aliphatic rings. The van der Waals surface area contributed by atoms with Crippen molar-refractivity contribution in [3.63, 3.8) is 0 Å². The van der Waals surface area contributed by atoms with E-state index in [1.165, 1.54) is 16.7 Å². The van der Waals surface area contributed by atoms with E-state index in [4.69, 9.17) is 0 Å². The molecule has 3 amide bonds. The van der Waals surface area contributed by atoms with E-state index in [1.54, 1.807) is 4.90 Å². The summed E-state index contributed by atoms with van der Waals surface area (Å²) in [5.41, 5.74) is 3.41. The summed E-state index contributed by atoms with van der Waals surface area (Å²) in [6.07, 6.45) is 1.94. The maximum Gasteiger partial charge on any atom is 0.250 e. The molecule has 2 aliphatic heterocycles. The Bertz CT molecular complexity index is 1000. The van der Waals surface area contributed by atoms with E-state index < -0.39 is 5.25 Å². The van der Waals surface area contributed by atoms with Gasteiger partial charge in [0.15, 0.2) is 5.25 Å². The van der Waals surface area contributed by atoms with E-state index in [9.17, 15) is 14.4 Å². The molecule has 1 atom stereocenters. The molecule has 0 aromatic heterocycles. The van der Waals surface area contributed by atoms with Crippen LogP contribution in [-0.4, -0.2) is 47.5 Å². The van der Waals surface area contributed by atoms with Crippen molar-refractivity contribution >= 4 is 40.9 Å². The number of carbonyl (C=O) groups is 3. The number of carbonyl (C=O) groups excluding carboxylic acids is 3. The third-order valence-electron chi connectivity index (χ3n) is 5.50. The highest BCUT2D eigenvalue weighted by Gasteiger charge is 2.41. The van der Waals surface area contributed by atoms with E-state index in [1.807, 2.05) is 56.3 Å². The molecule has 1 N–H and O–H groups in total. The third kappa shape index (κ3) is 4.07. The lowest BCUT2D eigenvalue weighted by molar-refractivity contribution is -0.134. The molecular formula is C23H25N3O3S. The molecule has 2 aromatic rings. The second kappa shape index (κ2) is 8.52. The van der Waals surface area contributed by atoms with E-state index in [2.05, 4.69) is 5.32 Å². The number of amides is 3. The highest BCUT2D eigenvalue weighted by Crippen LogP contribution is 2.40.